The van der Waals surface area contributed by atoms with Gasteiger partial charge in [0.2, 0.25) is 0 Å². The monoisotopic (exact) mass is 164 g/mol. The molecule has 1 aliphatic carbocycles. The molecule has 0 saturated carbocycles. The lowest BCUT2D eigenvalue weighted by Gasteiger charge is -2.11. The van der Waals surface area contributed by atoms with Crippen LogP contribution in [0.1, 0.15) is 47.5 Å². The largest absolute Gasteiger partial charge is 0.102 e. The molecule has 1 aliphatic rings. The summed E-state index contributed by atoms with van der Waals surface area (Å²) in [6.07, 6.45) is 4.45. The van der Waals surface area contributed by atoms with Crippen LogP contribution in [0, 0.1) is 17.3 Å². The van der Waals surface area contributed by atoms with Crippen LogP contribution in [0.25, 0.3) is 0 Å². The van der Waals surface area contributed by atoms with Crippen molar-refractivity contribution in [3.05, 3.63) is 11.6 Å². The van der Waals surface area contributed by atoms with Crippen LogP contribution in [-0.4, -0.2) is 0 Å². The highest BCUT2D eigenvalue weighted by molar-refractivity contribution is 5.23. The van der Waals surface area contributed by atoms with E-state index in [0.717, 1.165) is 12.8 Å². The van der Waals surface area contributed by atoms with Gasteiger partial charge in [0.05, 0.1) is 0 Å². The number of hydrogen-bond donors (Lipinski definition) is 0. The Morgan fingerprint density at radius 2 is 1.92 bits per heavy atom. The topological polar surface area (TPSA) is 0 Å². The normalized spacial score (nSPS) is 18.9. The van der Waals surface area contributed by atoms with Crippen molar-refractivity contribution in [3.63, 3.8) is 0 Å². The Balaban J connectivity index is 0.000000561. The SMILES string of the molecule is CC.CC1=CC(C)(C)C#CCC1. The molecule has 0 aliphatic heterocycles. The van der Waals surface area contributed by atoms with Gasteiger partial charge in [0.1, 0.15) is 0 Å². The second-order valence-electron chi connectivity index (χ2n) is 3.51. The van der Waals surface area contributed by atoms with Gasteiger partial charge >= 0.3 is 0 Å². The summed E-state index contributed by atoms with van der Waals surface area (Å²) < 4.78 is 0. The Morgan fingerprint density at radius 3 is 2.50 bits per heavy atom. The first kappa shape index (κ1) is 11.3. The molecule has 0 nitrogen and oxygen atoms in total. The zero-order chi connectivity index (χ0) is 9.61. The predicted octanol–water partition coefficient (Wildman–Crippen LogP) is 3.78. The molecular weight excluding hydrogens is 144 g/mol. The first-order valence-electron chi connectivity index (χ1n) is 4.78. The van der Waals surface area contributed by atoms with Crippen LogP contribution in [-0.2, 0) is 0 Å². The van der Waals surface area contributed by atoms with Crippen LogP contribution >= 0.6 is 0 Å². The van der Waals surface area contributed by atoms with Gasteiger partial charge in [-0.2, -0.15) is 0 Å². The van der Waals surface area contributed by atoms with E-state index in [1.165, 1.54) is 5.57 Å². The number of rotatable bonds is 0. The molecule has 0 radical (unpaired) electrons. The maximum absolute atomic E-state index is 3.22. The molecule has 1 rings (SSSR count). The number of allylic oxidation sites excluding steroid dienone is 2. The van der Waals surface area contributed by atoms with Crippen LogP contribution in [0.3, 0.4) is 0 Å². The number of hydrogen-bond acceptors (Lipinski definition) is 0. The van der Waals surface area contributed by atoms with Crippen LogP contribution in [0.5, 0.6) is 0 Å². The van der Waals surface area contributed by atoms with Crippen molar-refractivity contribution in [2.75, 3.05) is 0 Å². The predicted molar refractivity (Wildman–Crippen MR) is 55.9 cm³/mol. The van der Waals surface area contributed by atoms with E-state index in [4.69, 9.17) is 0 Å². The summed E-state index contributed by atoms with van der Waals surface area (Å²) in [5.41, 5.74) is 1.57. The first-order valence-corrected chi connectivity index (χ1v) is 4.78. The third-order valence-corrected chi connectivity index (χ3v) is 1.66. The minimum Gasteiger partial charge on any atom is -0.102 e. The average molecular weight is 164 g/mol. The molecule has 0 spiro atoms. The van der Waals surface area contributed by atoms with Crippen molar-refractivity contribution in [2.24, 2.45) is 5.41 Å². The van der Waals surface area contributed by atoms with E-state index in [2.05, 4.69) is 38.7 Å². The fraction of sp³-hybridized carbons (Fsp3) is 0.667. The van der Waals surface area contributed by atoms with Crippen LogP contribution in [0.15, 0.2) is 11.6 Å². The molecule has 0 fully saturated rings. The minimum atomic E-state index is 0.112. The Labute approximate surface area is 77.1 Å². The second-order valence-corrected chi connectivity index (χ2v) is 3.51. The fourth-order valence-electron chi connectivity index (χ4n) is 1.27. The van der Waals surface area contributed by atoms with Gasteiger partial charge in [0.25, 0.3) is 0 Å². The molecule has 0 saturated heterocycles. The molecule has 0 amide bonds. The minimum absolute atomic E-state index is 0.112. The van der Waals surface area contributed by atoms with Crippen LogP contribution in [0.2, 0.25) is 0 Å². The van der Waals surface area contributed by atoms with Crippen LogP contribution < -0.4 is 0 Å². The van der Waals surface area contributed by atoms with E-state index in [0.29, 0.717) is 0 Å². The first-order chi connectivity index (χ1) is 5.60. The highest BCUT2D eigenvalue weighted by Crippen LogP contribution is 2.22. The van der Waals surface area contributed by atoms with E-state index in [1.807, 2.05) is 13.8 Å². The average Bonchev–Trinajstić information content (AvgIpc) is 2.14. The Kier molecular flexibility index (Phi) is 4.74. The lowest BCUT2D eigenvalue weighted by Crippen LogP contribution is -2.02. The smallest absolute Gasteiger partial charge is 0.0439 e. The molecule has 0 bridgehead atoms. The molecule has 0 aromatic heterocycles. The third-order valence-electron chi connectivity index (χ3n) is 1.66. The van der Waals surface area contributed by atoms with Crippen molar-refractivity contribution in [1.82, 2.24) is 0 Å². The van der Waals surface area contributed by atoms with Gasteiger partial charge in [-0.25, -0.2) is 0 Å². The molecule has 0 aromatic carbocycles. The Bertz CT molecular complexity index is 208. The molecule has 0 unspecified atom stereocenters. The van der Waals surface area contributed by atoms with Gasteiger partial charge in [-0.15, -0.1) is 5.92 Å². The maximum Gasteiger partial charge on any atom is 0.0439 e. The van der Waals surface area contributed by atoms with Gasteiger partial charge in [-0.1, -0.05) is 31.4 Å². The Morgan fingerprint density at radius 1 is 1.33 bits per heavy atom. The summed E-state index contributed by atoms with van der Waals surface area (Å²) >= 11 is 0. The molecule has 0 aromatic rings. The lowest BCUT2D eigenvalue weighted by molar-refractivity contribution is 0.650. The van der Waals surface area contributed by atoms with Crippen molar-refractivity contribution in [1.29, 1.82) is 0 Å². The van der Waals surface area contributed by atoms with Gasteiger partial charge in [-0.05, 0) is 27.2 Å². The van der Waals surface area contributed by atoms with E-state index >= 15 is 0 Å². The van der Waals surface area contributed by atoms with Gasteiger partial charge in [-0.3, -0.25) is 0 Å². The zero-order valence-electron chi connectivity index (χ0n) is 8.99. The summed E-state index contributed by atoms with van der Waals surface area (Å²) in [6.45, 7) is 10.5. The maximum atomic E-state index is 3.22. The summed E-state index contributed by atoms with van der Waals surface area (Å²) in [4.78, 5) is 0. The van der Waals surface area contributed by atoms with E-state index in [-0.39, 0.29) is 5.41 Å². The molecular formula is C12H20. The molecule has 0 atom stereocenters. The Hall–Kier alpha value is -0.700. The molecule has 0 N–H and O–H groups in total. The quantitative estimate of drug-likeness (QED) is 0.377. The lowest BCUT2D eigenvalue weighted by atomic mass is 9.93. The summed E-state index contributed by atoms with van der Waals surface area (Å²) in [6, 6.07) is 0. The van der Waals surface area contributed by atoms with E-state index < -0.39 is 0 Å². The summed E-state index contributed by atoms with van der Waals surface area (Å²) in [5, 5.41) is 0. The van der Waals surface area contributed by atoms with Crippen molar-refractivity contribution in [3.8, 4) is 11.8 Å². The van der Waals surface area contributed by atoms with E-state index in [1.54, 1.807) is 0 Å². The molecule has 0 heterocycles. The van der Waals surface area contributed by atoms with Gasteiger partial charge in [0.15, 0.2) is 0 Å². The summed E-state index contributed by atoms with van der Waals surface area (Å²) in [7, 11) is 0. The van der Waals surface area contributed by atoms with Crippen molar-refractivity contribution >= 4 is 0 Å². The molecule has 12 heavy (non-hydrogen) atoms. The van der Waals surface area contributed by atoms with Crippen molar-refractivity contribution in [2.45, 2.75) is 47.5 Å². The summed E-state index contributed by atoms with van der Waals surface area (Å²) in [5.74, 6) is 6.39. The van der Waals surface area contributed by atoms with E-state index in [9.17, 15) is 0 Å². The van der Waals surface area contributed by atoms with Gasteiger partial charge in [0, 0.05) is 11.8 Å². The van der Waals surface area contributed by atoms with Gasteiger partial charge < -0.3 is 0 Å². The second kappa shape index (κ2) is 5.04. The third kappa shape index (κ3) is 4.23. The standard InChI is InChI=1S/C10H14.C2H6/c1-9-6-4-5-7-10(2,3)8-9;1-2/h8H,4,6H2,1-3H3;1-2H3. The zero-order valence-corrected chi connectivity index (χ0v) is 8.99. The molecule has 0 heteroatoms. The van der Waals surface area contributed by atoms with Crippen LogP contribution in [0.4, 0.5) is 0 Å². The highest BCUT2D eigenvalue weighted by atomic mass is 14.1. The van der Waals surface area contributed by atoms with Crippen molar-refractivity contribution < 1.29 is 0 Å². The molecule has 68 valence electrons. The fourth-order valence-corrected chi connectivity index (χ4v) is 1.27. The highest BCUT2D eigenvalue weighted by Gasteiger charge is 2.11.